The number of aromatic nitrogens is 1. The monoisotopic (exact) mass is 332 g/mol. The van der Waals surface area contributed by atoms with E-state index in [1.54, 1.807) is 6.21 Å². The van der Waals surface area contributed by atoms with Gasteiger partial charge in [-0.1, -0.05) is 23.5 Å². The van der Waals surface area contributed by atoms with Gasteiger partial charge in [-0.25, -0.2) is 4.79 Å². The van der Waals surface area contributed by atoms with E-state index in [1.165, 1.54) is 7.11 Å². The molecule has 0 saturated heterocycles. The predicted octanol–water partition coefficient (Wildman–Crippen LogP) is 1.80. The van der Waals surface area contributed by atoms with Crippen LogP contribution in [0.2, 0.25) is 0 Å². The molecule has 120 valence electrons. The van der Waals surface area contributed by atoms with Crippen LogP contribution in [-0.2, 0) is 4.74 Å². The van der Waals surface area contributed by atoms with Crippen LogP contribution in [0.15, 0.2) is 40.2 Å². The first-order valence-corrected chi connectivity index (χ1v) is 7.48. The van der Waals surface area contributed by atoms with Crippen molar-refractivity contribution in [2.24, 2.45) is 5.10 Å². The highest BCUT2D eigenvalue weighted by Crippen LogP contribution is 2.15. The number of ether oxygens (including phenoxy) is 1. The van der Waals surface area contributed by atoms with Crippen molar-refractivity contribution in [3.05, 3.63) is 51.1 Å². The van der Waals surface area contributed by atoms with E-state index in [0.717, 1.165) is 28.7 Å². The summed E-state index contributed by atoms with van der Waals surface area (Å²) in [6.07, 6.45) is 1.60. The largest absolute Gasteiger partial charge is 0.465 e. The quantitative estimate of drug-likeness (QED) is 0.511. The van der Waals surface area contributed by atoms with Crippen molar-refractivity contribution in [3.8, 4) is 0 Å². The van der Waals surface area contributed by atoms with Gasteiger partial charge in [0, 0.05) is 25.8 Å². The summed E-state index contributed by atoms with van der Waals surface area (Å²) in [5.41, 5.74) is 4.09. The summed E-state index contributed by atoms with van der Waals surface area (Å²) >= 11 is 0.994. The molecule has 23 heavy (non-hydrogen) atoms. The molecular weight excluding hydrogens is 316 g/mol. The van der Waals surface area contributed by atoms with Gasteiger partial charge in [0.15, 0.2) is 0 Å². The molecule has 0 unspecified atom stereocenters. The van der Waals surface area contributed by atoms with E-state index in [-0.39, 0.29) is 10.0 Å². The van der Waals surface area contributed by atoms with Crippen molar-refractivity contribution in [1.82, 2.24) is 4.98 Å². The van der Waals surface area contributed by atoms with Crippen molar-refractivity contribution in [2.45, 2.75) is 0 Å². The fraction of sp³-hybridized carbons (Fsp3) is 0.200. The first-order chi connectivity index (χ1) is 11.0. The predicted molar refractivity (Wildman–Crippen MR) is 91.7 cm³/mol. The normalized spacial score (nSPS) is 10.6. The Hall–Kier alpha value is -2.74. The van der Waals surface area contributed by atoms with Crippen LogP contribution in [-0.4, -0.2) is 38.4 Å². The van der Waals surface area contributed by atoms with Crippen LogP contribution >= 0.6 is 11.3 Å². The van der Waals surface area contributed by atoms with Crippen LogP contribution in [0.4, 0.5) is 10.8 Å². The third-order valence-electron chi connectivity index (χ3n) is 2.84. The van der Waals surface area contributed by atoms with Crippen LogP contribution in [0.5, 0.6) is 0 Å². The Morgan fingerprint density at radius 1 is 1.35 bits per heavy atom. The van der Waals surface area contributed by atoms with Crippen molar-refractivity contribution >= 4 is 34.3 Å². The van der Waals surface area contributed by atoms with E-state index in [1.807, 2.05) is 43.3 Å². The SMILES string of the molecule is COC(=O)c1cc(=O)nc(NN=Cc2ccc(N(C)C)cc2)s1. The molecule has 2 rings (SSSR count). The molecule has 2 aromatic rings. The van der Waals surface area contributed by atoms with Crippen LogP contribution in [0.3, 0.4) is 0 Å². The fourth-order valence-corrected chi connectivity index (χ4v) is 2.44. The zero-order valence-electron chi connectivity index (χ0n) is 12.9. The maximum atomic E-state index is 11.5. The van der Waals surface area contributed by atoms with Gasteiger partial charge in [0.05, 0.1) is 13.3 Å². The van der Waals surface area contributed by atoms with Gasteiger partial charge in [0.1, 0.15) is 4.88 Å². The Bertz CT molecular complexity index is 769. The first kappa shape index (κ1) is 16.6. The highest BCUT2D eigenvalue weighted by Gasteiger charge is 2.09. The second kappa shape index (κ2) is 7.50. The number of rotatable bonds is 5. The summed E-state index contributed by atoms with van der Waals surface area (Å²) in [6.45, 7) is 0. The average Bonchev–Trinajstić information content (AvgIpc) is 2.54. The number of benzene rings is 1. The molecule has 1 N–H and O–H groups in total. The van der Waals surface area contributed by atoms with E-state index in [4.69, 9.17) is 0 Å². The summed E-state index contributed by atoms with van der Waals surface area (Å²) in [5.74, 6) is -0.583. The van der Waals surface area contributed by atoms with Gasteiger partial charge in [-0.15, -0.1) is 0 Å². The molecule has 0 saturated carbocycles. The number of anilines is 2. The lowest BCUT2D eigenvalue weighted by Gasteiger charge is -2.11. The number of hydrazone groups is 1. The molecular formula is C15H16N4O3S. The molecule has 0 radical (unpaired) electrons. The molecule has 8 heteroatoms. The first-order valence-electron chi connectivity index (χ1n) is 6.66. The van der Waals surface area contributed by atoms with Gasteiger partial charge in [-0.05, 0) is 17.7 Å². The molecule has 0 atom stereocenters. The zero-order chi connectivity index (χ0) is 16.8. The summed E-state index contributed by atoms with van der Waals surface area (Å²) in [5, 5.41) is 4.24. The second-order valence-corrected chi connectivity index (χ2v) is 5.74. The molecule has 0 aliphatic heterocycles. The standard InChI is InChI=1S/C15H16N4O3S/c1-19(2)11-6-4-10(5-7-11)9-16-18-15-17-13(20)8-12(23-15)14(21)22-3/h4-9H,1-3H3,(H,17,18,20). The van der Waals surface area contributed by atoms with Gasteiger partial charge in [-0.3, -0.25) is 10.2 Å². The Morgan fingerprint density at radius 2 is 2.04 bits per heavy atom. The summed E-state index contributed by atoms with van der Waals surface area (Å²) in [7, 11) is 5.18. The van der Waals surface area contributed by atoms with E-state index in [0.29, 0.717) is 0 Å². The number of nitrogens with zero attached hydrogens (tertiary/aromatic N) is 3. The molecule has 1 aromatic heterocycles. The van der Waals surface area contributed by atoms with E-state index < -0.39 is 11.5 Å². The van der Waals surface area contributed by atoms with E-state index in [2.05, 4.69) is 20.2 Å². The average molecular weight is 332 g/mol. The minimum atomic E-state index is -0.583. The Kier molecular flexibility index (Phi) is 5.42. The maximum Gasteiger partial charge on any atom is 0.348 e. The van der Waals surface area contributed by atoms with Gasteiger partial charge in [0.2, 0.25) is 5.13 Å². The minimum absolute atomic E-state index is 0.167. The summed E-state index contributed by atoms with van der Waals surface area (Å²) in [6, 6.07) is 8.90. The van der Waals surface area contributed by atoms with Gasteiger partial charge in [-0.2, -0.15) is 10.1 Å². The van der Waals surface area contributed by atoms with Gasteiger partial charge in [0.25, 0.3) is 5.56 Å². The molecule has 0 fully saturated rings. The molecule has 7 nitrogen and oxygen atoms in total. The fourth-order valence-electron chi connectivity index (χ4n) is 1.67. The lowest BCUT2D eigenvalue weighted by atomic mass is 10.2. The zero-order valence-corrected chi connectivity index (χ0v) is 13.8. The molecule has 1 heterocycles. The Morgan fingerprint density at radius 3 is 2.65 bits per heavy atom. The lowest BCUT2D eigenvalue weighted by molar-refractivity contribution is 0.0606. The number of methoxy groups -OCH3 is 1. The van der Waals surface area contributed by atoms with Crippen LogP contribution in [0.1, 0.15) is 15.2 Å². The number of hydrogen-bond acceptors (Lipinski definition) is 8. The number of hydrogen-bond donors (Lipinski definition) is 1. The highest BCUT2D eigenvalue weighted by molar-refractivity contribution is 7.17. The third kappa shape index (κ3) is 4.62. The van der Waals surface area contributed by atoms with Crippen LogP contribution in [0, 0.1) is 0 Å². The lowest BCUT2D eigenvalue weighted by Crippen LogP contribution is -2.10. The molecule has 0 spiro atoms. The minimum Gasteiger partial charge on any atom is -0.465 e. The molecule has 0 bridgehead atoms. The second-order valence-electron chi connectivity index (χ2n) is 4.71. The molecule has 0 aliphatic carbocycles. The number of carbonyl (C=O) groups excluding carboxylic acids is 1. The van der Waals surface area contributed by atoms with Crippen LogP contribution < -0.4 is 15.9 Å². The van der Waals surface area contributed by atoms with Crippen LogP contribution in [0.25, 0.3) is 0 Å². The van der Waals surface area contributed by atoms with Gasteiger partial charge < -0.3 is 9.64 Å². The van der Waals surface area contributed by atoms with E-state index >= 15 is 0 Å². The maximum absolute atomic E-state index is 11.5. The van der Waals surface area contributed by atoms with E-state index in [9.17, 15) is 9.59 Å². The topological polar surface area (TPSA) is 83.9 Å². The summed E-state index contributed by atoms with van der Waals surface area (Å²) < 4.78 is 4.59. The molecule has 0 aliphatic rings. The highest BCUT2D eigenvalue weighted by atomic mass is 32.1. The Labute approximate surface area is 137 Å². The smallest absolute Gasteiger partial charge is 0.348 e. The third-order valence-corrected chi connectivity index (χ3v) is 3.72. The Balaban J connectivity index is 2.09. The number of esters is 1. The summed E-state index contributed by atoms with van der Waals surface area (Å²) in [4.78, 5) is 28.8. The van der Waals surface area contributed by atoms with Crippen molar-refractivity contribution in [3.63, 3.8) is 0 Å². The van der Waals surface area contributed by atoms with Crippen molar-refractivity contribution in [1.29, 1.82) is 0 Å². The molecule has 1 aromatic carbocycles. The van der Waals surface area contributed by atoms with Crippen molar-refractivity contribution < 1.29 is 9.53 Å². The number of nitrogens with one attached hydrogen (secondary N) is 1. The van der Waals surface area contributed by atoms with Crippen molar-refractivity contribution in [2.75, 3.05) is 31.5 Å². The molecule has 0 amide bonds. The number of carbonyl (C=O) groups is 1. The van der Waals surface area contributed by atoms with Gasteiger partial charge >= 0.3 is 5.97 Å².